The van der Waals surface area contributed by atoms with Crippen molar-refractivity contribution in [2.24, 2.45) is 0 Å². The molecular weight excluding hydrogens is 348 g/mol. The second kappa shape index (κ2) is 8.45. The van der Waals surface area contributed by atoms with E-state index >= 15 is 0 Å². The number of ether oxygens (including phenoxy) is 1. The van der Waals surface area contributed by atoms with Crippen molar-refractivity contribution in [1.29, 1.82) is 0 Å². The summed E-state index contributed by atoms with van der Waals surface area (Å²) in [4.78, 5) is 20.3. The lowest BCUT2D eigenvalue weighted by molar-refractivity contribution is 0.102. The van der Waals surface area contributed by atoms with Crippen molar-refractivity contribution in [3.8, 4) is 0 Å². The lowest BCUT2D eigenvalue weighted by Gasteiger charge is -2.08. The van der Waals surface area contributed by atoms with Gasteiger partial charge in [-0.15, -0.1) is 0 Å². The number of benzene rings is 1. The molecule has 6 nitrogen and oxygen atoms in total. The summed E-state index contributed by atoms with van der Waals surface area (Å²) in [5, 5.41) is 5.94. The Balaban J connectivity index is 1.99. The first-order valence-electron chi connectivity index (χ1n) is 6.81. The SMILES string of the molecule is COCCCNc1cc(C(=O)Nc2ccccc2Br)ncn1. The number of hydrogen-bond donors (Lipinski definition) is 2. The number of aromatic nitrogens is 2. The van der Waals surface area contributed by atoms with Gasteiger partial charge in [-0.1, -0.05) is 12.1 Å². The summed E-state index contributed by atoms with van der Waals surface area (Å²) in [6.07, 6.45) is 2.23. The standard InChI is InChI=1S/C15H17BrN4O2/c1-22-8-4-7-17-14-9-13(18-10-19-14)15(21)20-12-6-3-2-5-11(12)16/h2-3,5-6,9-10H,4,7-8H2,1H3,(H,20,21)(H,17,18,19). The molecule has 0 saturated carbocycles. The van der Waals surface area contributed by atoms with Gasteiger partial charge in [0.05, 0.1) is 5.69 Å². The van der Waals surface area contributed by atoms with Crippen LogP contribution in [0.4, 0.5) is 11.5 Å². The highest BCUT2D eigenvalue weighted by molar-refractivity contribution is 9.10. The van der Waals surface area contributed by atoms with Crippen LogP contribution in [0.2, 0.25) is 0 Å². The summed E-state index contributed by atoms with van der Waals surface area (Å²) in [6.45, 7) is 1.39. The molecule has 1 aromatic heterocycles. The first-order valence-corrected chi connectivity index (χ1v) is 7.60. The fourth-order valence-electron chi connectivity index (χ4n) is 1.76. The molecule has 1 aromatic carbocycles. The largest absolute Gasteiger partial charge is 0.385 e. The topological polar surface area (TPSA) is 76.1 Å². The van der Waals surface area contributed by atoms with Crippen molar-refractivity contribution in [3.05, 3.63) is 46.8 Å². The van der Waals surface area contributed by atoms with Crippen molar-refractivity contribution in [2.45, 2.75) is 6.42 Å². The van der Waals surface area contributed by atoms with E-state index in [0.717, 1.165) is 17.4 Å². The second-order valence-electron chi connectivity index (χ2n) is 4.50. The van der Waals surface area contributed by atoms with Crippen molar-refractivity contribution >= 4 is 33.3 Å². The Labute approximate surface area is 137 Å². The van der Waals surface area contributed by atoms with Gasteiger partial charge in [0.2, 0.25) is 0 Å². The molecule has 0 aliphatic carbocycles. The van der Waals surface area contributed by atoms with Crippen molar-refractivity contribution in [3.63, 3.8) is 0 Å². The van der Waals surface area contributed by atoms with Gasteiger partial charge in [-0.3, -0.25) is 4.79 Å². The van der Waals surface area contributed by atoms with Gasteiger partial charge in [0.25, 0.3) is 5.91 Å². The summed E-state index contributed by atoms with van der Waals surface area (Å²) in [5.74, 6) is 0.331. The molecule has 2 rings (SSSR count). The molecule has 22 heavy (non-hydrogen) atoms. The van der Waals surface area contributed by atoms with Crippen molar-refractivity contribution in [1.82, 2.24) is 9.97 Å². The van der Waals surface area contributed by atoms with Crippen LogP contribution in [0.25, 0.3) is 0 Å². The van der Waals surface area contributed by atoms with Crippen molar-refractivity contribution in [2.75, 3.05) is 30.9 Å². The van der Waals surface area contributed by atoms with Gasteiger partial charge >= 0.3 is 0 Å². The Hall–Kier alpha value is -1.99. The number of methoxy groups -OCH3 is 1. The molecule has 2 aromatic rings. The van der Waals surface area contributed by atoms with E-state index in [9.17, 15) is 4.79 Å². The molecular formula is C15H17BrN4O2. The molecule has 0 fully saturated rings. The highest BCUT2D eigenvalue weighted by Gasteiger charge is 2.10. The maximum absolute atomic E-state index is 12.2. The summed E-state index contributed by atoms with van der Waals surface area (Å²) in [5.41, 5.74) is 1.00. The molecule has 0 atom stereocenters. The number of hydrogen-bond acceptors (Lipinski definition) is 5. The van der Waals surface area contributed by atoms with Crippen LogP contribution >= 0.6 is 15.9 Å². The van der Waals surface area contributed by atoms with Gasteiger partial charge in [-0.25, -0.2) is 9.97 Å². The third-order valence-corrected chi connectivity index (χ3v) is 3.54. The third-order valence-electron chi connectivity index (χ3n) is 2.85. The van der Waals surface area contributed by atoms with Crippen LogP contribution in [0.3, 0.4) is 0 Å². The van der Waals surface area contributed by atoms with Crippen LogP contribution < -0.4 is 10.6 Å². The van der Waals surface area contributed by atoms with Gasteiger partial charge in [-0.05, 0) is 34.5 Å². The molecule has 0 aliphatic heterocycles. The molecule has 0 bridgehead atoms. The monoisotopic (exact) mass is 364 g/mol. The lowest BCUT2D eigenvalue weighted by Crippen LogP contribution is -2.15. The first-order chi connectivity index (χ1) is 10.7. The number of nitrogens with zero attached hydrogens (tertiary/aromatic N) is 2. The Bertz CT molecular complexity index is 636. The van der Waals surface area contributed by atoms with Crippen LogP contribution in [-0.2, 0) is 4.74 Å². The fraction of sp³-hybridized carbons (Fsp3) is 0.267. The Morgan fingerprint density at radius 3 is 2.91 bits per heavy atom. The summed E-state index contributed by atoms with van der Waals surface area (Å²) in [7, 11) is 1.66. The van der Waals surface area contributed by atoms with Crippen LogP contribution in [0.15, 0.2) is 41.1 Å². The van der Waals surface area contributed by atoms with Crippen LogP contribution in [0, 0.1) is 0 Å². The number of carbonyl (C=O) groups is 1. The minimum Gasteiger partial charge on any atom is -0.385 e. The molecule has 0 radical (unpaired) electrons. The molecule has 1 heterocycles. The maximum atomic E-state index is 12.2. The van der Waals surface area contributed by atoms with E-state index < -0.39 is 0 Å². The summed E-state index contributed by atoms with van der Waals surface area (Å²) < 4.78 is 5.79. The molecule has 7 heteroatoms. The quantitative estimate of drug-likeness (QED) is 0.738. The number of para-hydroxylation sites is 1. The number of nitrogens with one attached hydrogen (secondary N) is 2. The Morgan fingerprint density at radius 1 is 1.32 bits per heavy atom. The number of rotatable bonds is 7. The van der Waals surface area contributed by atoms with Crippen LogP contribution in [0.1, 0.15) is 16.9 Å². The van der Waals surface area contributed by atoms with E-state index in [2.05, 4.69) is 36.5 Å². The lowest BCUT2D eigenvalue weighted by atomic mass is 10.3. The van der Waals surface area contributed by atoms with Crippen LogP contribution in [0.5, 0.6) is 0 Å². The van der Waals surface area contributed by atoms with E-state index in [-0.39, 0.29) is 5.91 Å². The highest BCUT2D eigenvalue weighted by Crippen LogP contribution is 2.21. The molecule has 0 saturated heterocycles. The van der Waals surface area contributed by atoms with Crippen LogP contribution in [-0.4, -0.2) is 36.1 Å². The summed E-state index contributed by atoms with van der Waals surface area (Å²) >= 11 is 3.39. The predicted octanol–water partition coefficient (Wildman–Crippen LogP) is 2.94. The van der Waals surface area contributed by atoms with Gasteiger partial charge in [0.1, 0.15) is 17.8 Å². The van der Waals surface area contributed by atoms with Gasteiger partial charge < -0.3 is 15.4 Å². The number of anilines is 2. The zero-order valence-corrected chi connectivity index (χ0v) is 13.8. The predicted molar refractivity (Wildman–Crippen MR) is 89.1 cm³/mol. The third kappa shape index (κ3) is 4.78. The Morgan fingerprint density at radius 2 is 2.14 bits per heavy atom. The molecule has 1 amide bonds. The molecule has 0 unspecified atom stereocenters. The molecule has 0 spiro atoms. The average Bonchev–Trinajstić information content (AvgIpc) is 2.54. The first kappa shape index (κ1) is 16.4. The highest BCUT2D eigenvalue weighted by atomic mass is 79.9. The summed E-state index contributed by atoms with van der Waals surface area (Å²) in [6, 6.07) is 9.03. The molecule has 2 N–H and O–H groups in total. The van der Waals surface area contributed by atoms with E-state index in [4.69, 9.17) is 4.74 Å². The second-order valence-corrected chi connectivity index (χ2v) is 5.35. The zero-order chi connectivity index (χ0) is 15.8. The number of amides is 1. The molecule has 0 aliphatic rings. The zero-order valence-electron chi connectivity index (χ0n) is 12.2. The number of halogens is 1. The van der Waals surface area contributed by atoms with E-state index in [1.807, 2.05) is 24.3 Å². The minimum absolute atomic E-state index is 0.283. The number of carbonyl (C=O) groups excluding carboxylic acids is 1. The van der Waals surface area contributed by atoms with Gasteiger partial charge in [-0.2, -0.15) is 0 Å². The smallest absolute Gasteiger partial charge is 0.274 e. The molecule has 116 valence electrons. The Kier molecular flexibility index (Phi) is 6.29. The fourth-order valence-corrected chi connectivity index (χ4v) is 2.14. The van der Waals surface area contributed by atoms with Crippen molar-refractivity contribution < 1.29 is 9.53 Å². The van der Waals surface area contributed by atoms with E-state index in [0.29, 0.717) is 23.8 Å². The normalized spacial score (nSPS) is 10.3. The minimum atomic E-state index is -0.283. The van der Waals surface area contributed by atoms with E-state index in [1.54, 1.807) is 13.2 Å². The maximum Gasteiger partial charge on any atom is 0.274 e. The van der Waals surface area contributed by atoms with Gasteiger partial charge in [0.15, 0.2) is 0 Å². The van der Waals surface area contributed by atoms with E-state index in [1.165, 1.54) is 6.33 Å². The van der Waals surface area contributed by atoms with Gasteiger partial charge in [0, 0.05) is 30.8 Å². The average molecular weight is 365 g/mol.